The van der Waals surface area contributed by atoms with E-state index in [4.69, 9.17) is 21.1 Å². The number of amides is 2. The van der Waals surface area contributed by atoms with Gasteiger partial charge in [0.1, 0.15) is 11.5 Å². The van der Waals surface area contributed by atoms with Gasteiger partial charge in [0.05, 0.1) is 11.6 Å². The Balaban J connectivity index is 1.80. The topological polar surface area (TPSA) is 76.7 Å². The molecule has 0 aliphatic carbocycles. The van der Waals surface area contributed by atoms with Crippen molar-refractivity contribution in [3.8, 4) is 11.5 Å². The maximum Gasteiger partial charge on any atom is 0.279 e. The van der Waals surface area contributed by atoms with Crippen molar-refractivity contribution in [1.29, 1.82) is 0 Å². The molecule has 0 heterocycles. The van der Waals surface area contributed by atoms with Gasteiger partial charge in [0, 0.05) is 5.56 Å². The number of halogens is 1. The maximum absolute atomic E-state index is 12.2. The molecule has 7 heteroatoms. The zero-order valence-electron chi connectivity index (χ0n) is 16.2. The van der Waals surface area contributed by atoms with Crippen LogP contribution in [-0.4, -0.2) is 24.5 Å². The van der Waals surface area contributed by atoms with Gasteiger partial charge in [-0.25, -0.2) is 0 Å². The number of hydrogen-bond acceptors (Lipinski definition) is 4. The number of carbonyl (C=O) groups is 2. The predicted molar refractivity (Wildman–Crippen MR) is 109 cm³/mol. The number of hydrazine groups is 1. The molecular weight excluding hydrogens is 380 g/mol. The second kappa shape index (κ2) is 10.6. The third kappa shape index (κ3) is 6.78. The lowest BCUT2D eigenvalue weighted by Gasteiger charge is -2.16. The summed E-state index contributed by atoms with van der Waals surface area (Å²) in [6.07, 6.45) is 0.125. The highest BCUT2D eigenvalue weighted by Crippen LogP contribution is 2.24. The molecule has 0 saturated heterocycles. The van der Waals surface area contributed by atoms with Crippen LogP contribution >= 0.6 is 11.6 Å². The molecule has 2 aromatic carbocycles. The van der Waals surface area contributed by atoms with E-state index in [1.807, 2.05) is 0 Å². The largest absolute Gasteiger partial charge is 0.494 e. The lowest BCUT2D eigenvalue weighted by atomic mass is 10.1. The van der Waals surface area contributed by atoms with Crippen molar-refractivity contribution in [3.05, 3.63) is 59.1 Å². The van der Waals surface area contributed by atoms with Crippen LogP contribution in [0.2, 0.25) is 5.02 Å². The average molecular weight is 405 g/mol. The van der Waals surface area contributed by atoms with Gasteiger partial charge in [-0.3, -0.25) is 20.4 Å². The summed E-state index contributed by atoms with van der Waals surface area (Å²) >= 11 is 6.00. The molecule has 2 amide bonds. The van der Waals surface area contributed by atoms with Crippen molar-refractivity contribution >= 4 is 23.4 Å². The average Bonchev–Trinajstić information content (AvgIpc) is 2.67. The number of benzene rings is 2. The van der Waals surface area contributed by atoms with Gasteiger partial charge < -0.3 is 9.47 Å². The molecule has 150 valence electrons. The minimum atomic E-state index is -0.836. The fourth-order valence-corrected chi connectivity index (χ4v) is 2.37. The van der Waals surface area contributed by atoms with E-state index in [9.17, 15) is 9.59 Å². The molecular formula is C21H25ClN2O4. The lowest BCUT2D eigenvalue weighted by molar-refractivity contribution is -0.128. The zero-order valence-corrected chi connectivity index (χ0v) is 17.0. The van der Waals surface area contributed by atoms with Gasteiger partial charge >= 0.3 is 0 Å². The van der Waals surface area contributed by atoms with Crippen LogP contribution in [0, 0.1) is 5.92 Å². The summed E-state index contributed by atoms with van der Waals surface area (Å²) in [6.45, 7) is 6.45. The van der Waals surface area contributed by atoms with E-state index in [-0.39, 0.29) is 0 Å². The van der Waals surface area contributed by atoms with Gasteiger partial charge in [-0.1, -0.05) is 37.6 Å². The van der Waals surface area contributed by atoms with Gasteiger partial charge in [0.25, 0.3) is 11.8 Å². The van der Waals surface area contributed by atoms with Crippen molar-refractivity contribution in [1.82, 2.24) is 10.9 Å². The van der Waals surface area contributed by atoms with E-state index in [2.05, 4.69) is 24.7 Å². The highest BCUT2D eigenvalue weighted by Gasteiger charge is 2.17. The Labute approximate surface area is 170 Å². The van der Waals surface area contributed by atoms with Crippen molar-refractivity contribution in [2.45, 2.75) is 33.3 Å². The second-order valence-corrected chi connectivity index (χ2v) is 7.10. The Morgan fingerprint density at radius 2 is 1.68 bits per heavy atom. The molecule has 2 rings (SSSR count). The first-order chi connectivity index (χ1) is 13.4. The third-order valence-corrected chi connectivity index (χ3v) is 4.20. The molecule has 0 saturated carbocycles. The predicted octanol–water partition coefficient (Wildman–Crippen LogP) is 3.99. The smallest absolute Gasteiger partial charge is 0.279 e. The van der Waals surface area contributed by atoms with Gasteiger partial charge in [-0.2, -0.15) is 0 Å². The molecule has 0 spiro atoms. The first-order valence-corrected chi connectivity index (χ1v) is 9.49. The number of para-hydroxylation sites is 1. The molecule has 1 unspecified atom stereocenters. The molecule has 1 atom stereocenters. The Hall–Kier alpha value is -2.73. The first-order valence-electron chi connectivity index (χ1n) is 9.11. The zero-order chi connectivity index (χ0) is 20.5. The highest BCUT2D eigenvalue weighted by atomic mass is 35.5. The molecule has 0 fully saturated rings. The molecule has 2 aromatic rings. The first kappa shape index (κ1) is 21.6. The molecule has 0 aromatic heterocycles. The van der Waals surface area contributed by atoms with E-state index >= 15 is 0 Å². The standard InChI is InChI=1S/C21H25ClN2O4/c1-14(2)12-13-27-17-10-8-16(9-11-17)21(26)24-23-20(25)15(3)28-19-7-5-4-6-18(19)22/h4-11,14-15H,12-13H2,1-3H3,(H,23,25)(H,24,26). The Bertz CT molecular complexity index is 793. The quantitative estimate of drug-likeness (QED) is 0.652. The molecule has 0 aliphatic heterocycles. The van der Waals surface area contributed by atoms with Crippen LogP contribution in [0.3, 0.4) is 0 Å². The highest BCUT2D eigenvalue weighted by molar-refractivity contribution is 6.32. The number of nitrogens with one attached hydrogen (secondary N) is 2. The number of hydrogen-bond donors (Lipinski definition) is 2. The Morgan fingerprint density at radius 1 is 1.00 bits per heavy atom. The summed E-state index contributed by atoms with van der Waals surface area (Å²) in [5, 5.41) is 0.405. The van der Waals surface area contributed by atoms with Crippen LogP contribution in [-0.2, 0) is 4.79 Å². The summed E-state index contributed by atoms with van der Waals surface area (Å²) in [5.74, 6) is 0.723. The number of carbonyl (C=O) groups excluding carboxylic acids is 2. The summed E-state index contributed by atoms with van der Waals surface area (Å²) < 4.78 is 11.1. The van der Waals surface area contributed by atoms with Crippen LogP contribution in [0.25, 0.3) is 0 Å². The molecule has 2 N–H and O–H groups in total. The van der Waals surface area contributed by atoms with Crippen LogP contribution in [0.4, 0.5) is 0 Å². The monoisotopic (exact) mass is 404 g/mol. The summed E-state index contributed by atoms with van der Waals surface area (Å²) in [4.78, 5) is 24.3. The van der Waals surface area contributed by atoms with Crippen molar-refractivity contribution < 1.29 is 19.1 Å². The normalized spacial score (nSPS) is 11.6. The van der Waals surface area contributed by atoms with Crippen LogP contribution < -0.4 is 20.3 Å². The van der Waals surface area contributed by atoms with Crippen molar-refractivity contribution in [3.63, 3.8) is 0 Å². The van der Waals surface area contributed by atoms with Crippen LogP contribution in [0.5, 0.6) is 11.5 Å². The Kier molecular flexibility index (Phi) is 8.14. The van der Waals surface area contributed by atoms with E-state index in [1.54, 1.807) is 55.5 Å². The van der Waals surface area contributed by atoms with Crippen LogP contribution in [0.15, 0.2) is 48.5 Å². The van der Waals surface area contributed by atoms with Gasteiger partial charge in [0.2, 0.25) is 0 Å². The van der Waals surface area contributed by atoms with Gasteiger partial charge in [-0.15, -0.1) is 0 Å². The van der Waals surface area contributed by atoms with Gasteiger partial charge in [-0.05, 0) is 55.7 Å². The van der Waals surface area contributed by atoms with Crippen molar-refractivity contribution in [2.24, 2.45) is 5.92 Å². The summed E-state index contributed by atoms with van der Waals surface area (Å²) in [5.41, 5.74) is 5.11. The van der Waals surface area contributed by atoms with E-state index in [0.29, 0.717) is 34.6 Å². The van der Waals surface area contributed by atoms with Gasteiger partial charge in [0.15, 0.2) is 6.10 Å². The molecule has 0 bridgehead atoms. The Morgan fingerprint density at radius 3 is 2.32 bits per heavy atom. The minimum absolute atomic E-state index is 0.395. The minimum Gasteiger partial charge on any atom is -0.494 e. The molecule has 28 heavy (non-hydrogen) atoms. The molecule has 6 nitrogen and oxygen atoms in total. The number of rotatable bonds is 8. The van der Waals surface area contributed by atoms with E-state index < -0.39 is 17.9 Å². The molecule has 0 radical (unpaired) electrons. The van der Waals surface area contributed by atoms with E-state index in [1.165, 1.54) is 0 Å². The fourth-order valence-electron chi connectivity index (χ4n) is 2.19. The SMILES string of the molecule is CC(C)CCOc1ccc(C(=O)NNC(=O)C(C)Oc2ccccc2Cl)cc1. The summed E-state index contributed by atoms with van der Waals surface area (Å²) in [6, 6.07) is 13.6. The van der Waals surface area contributed by atoms with Crippen molar-refractivity contribution in [2.75, 3.05) is 6.61 Å². The number of ether oxygens (including phenoxy) is 2. The summed E-state index contributed by atoms with van der Waals surface area (Å²) in [7, 11) is 0. The maximum atomic E-state index is 12.2. The molecule has 0 aliphatic rings. The fraction of sp³-hybridized carbons (Fsp3) is 0.333. The second-order valence-electron chi connectivity index (χ2n) is 6.69. The van der Waals surface area contributed by atoms with Crippen LogP contribution in [0.1, 0.15) is 37.6 Å². The third-order valence-electron chi connectivity index (χ3n) is 3.89. The van der Waals surface area contributed by atoms with E-state index in [0.717, 1.165) is 6.42 Å². The lowest BCUT2D eigenvalue weighted by Crippen LogP contribution is -2.47.